The lowest BCUT2D eigenvalue weighted by molar-refractivity contribution is 0.354. The van der Waals surface area contributed by atoms with Crippen molar-refractivity contribution in [3.63, 3.8) is 0 Å². The number of allylic oxidation sites excluding steroid dienone is 1. The molecular formula is C9H9O. The first-order valence-corrected chi connectivity index (χ1v) is 3.20. The van der Waals surface area contributed by atoms with Crippen LogP contribution in [0.25, 0.3) is 0 Å². The molecule has 1 rings (SSSR count). The highest BCUT2D eigenvalue weighted by Crippen LogP contribution is 2.11. The summed E-state index contributed by atoms with van der Waals surface area (Å²) in [4.78, 5) is 0. The van der Waals surface area contributed by atoms with Crippen molar-refractivity contribution >= 4 is 0 Å². The summed E-state index contributed by atoms with van der Waals surface area (Å²) in [6.45, 7) is 3.58. The van der Waals surface area contributed by atoms with E-state index in [1.165, 1.54) is 0 Å². The maximum Gasteiger partial charge on any atom is 0.178 e. The second kappa shape index (κ2) is 3.06. The quantitative estimate of drug-likeness (QED) is 0.552. The van der Waals surface area contributed by atoms with Crippen molar-refractivity contribution in [1.82, 2.24) is 0 Å². The van der Waals surface area contributed by atoms with Gasteiger partial charge in [0.25, 0.3) is 0 Å². The Kier molecular flexibility index (Phi) is 2.11. The van der Waals surface area contributed by atoms with Gasteiger partial charge in [0.2, 0.25) is 0 Å². The Morgan fingerprint density at radius 2 is 2.30 bits per heavy atom. The Balaban J connectivity index is 2.84. The summed E-state index contributed by atoms with van der Waals surface area (Å²) in [7, 11) is 0. The van der Waals surface area contributed by atoms with Crippen LogP contribution in [-0.2, 0) is 11.5 Å². The minimum atomic E-state index is 0.0688. The third kappa shape index (κ3) is 1.62. The van der Waals surface area contributed by atoms with Gasteiger partial charge < -0.3 is 0 Å². The Morgan fingerprint density at radius 3 is 2.90 bits per heavy atom. The summed E-state index contributed by atoms with van der Waals surface area (Å²) in [5.41, 5.74) is 1.03. The van der Waals surface area contributed by atoms with E-state index >= 15 is 0 Å². The molecule has 10 heavy (non-hydrogen) atoms. The average Bonchev–Trinajstić information content (AvgIpc) is 1.88. The zero-order chi connectivity index (χ0) is 7.40. The van der Waals surface area contributed by atoms with E-state index in [0.717, 1.165) is 12.0 Å². The standard InChI is InChI=1S/C9H9O/c1-2-4-8-5-3-6-9(10)7-8/h2-3,5-7H,1,4H2. The van der Waals surface area contributed by atoms with Gasteiger partial charge in [-0.1, -0.05) is 18.2 Å². The zero-order valence-electron chi connectivity index (χ0n) is 5.71. The van der Waals surface area contributed by atoms with E-state index in [4.69, 9.17) is 0 Å². The van der Waals surface area contributed by atoms with E-state index in [1.54, 1.807) is 24.3 Å². The second-order valence-corrected chi connectivity index (χ2v) is 2.14. The van der Waals surface area contributed by atoms with Gasteiger partial charge in [-0.2, -0.15) is 0 Å². The molecular weight excluding hydrogens is 124 g/mol. The molecule has 1 aromatic rings. The van der Waals surface area contributed by atoms with Crippen LogP contribution in [-0.4, -0.2) is 0 Å². The summed E-state index contributed by atoms with van der Waals surface area (Å²) in [6, 6.07) is 6.86. The number of rotatable bonds is 2. The van der Waals surface area contributed by atoms with Crippen molar-refractivity contribution in [3.8, 4) is 5.75 Å². The fourth-order valence-electron chi connectivity index (χ4n) is 0.839. The van der Waals surface area contributed by atoms with Gasteiger partial charge in [-0.05, 0) is 24.1 Å². The predicted octanol–water partition coefficient (Wildman–Crippen LogP) is 2.56. The lowest BCUT2D eigenvalue weighted by Crippen LogP contribution is -1.77. The van der Waals surface area contributed by atoms with Crippen LogP contribution >= 0.6 is 0 Å². The molecule has 1 heteroatoms. The average molecular weight is 133 g/mol. The van der Waals surface area contributed by atoms with Crippen molar-refractivity contribution in [2.45, 2.75) is 6.42 Å². The van der Waals surface area contributed by atoms with Gasteiger partial charge in [-0.25, -0.2) is 0 Å². The topological polar surface area (TPSA) is 19.9 Å². The first-order valence-electron chi connectivity index (χ1n) is 3.20. The monoisotopic (exact) mass is 133 g/mol. The minimum absolute atomic E-state index is 0.0688. The van der Waals surface area contributed by atoms with Crippen LogP contribution in [0.5, 0.6) is 5.75 Å². The molecule has 0 saturated heterocycles. The van der Waals surface area contributed by atoms with Crippen LogP contribution in [0, 0.1) is 0 Å². The Morgan fingerprint density at radius 1 is 1.50 bits per heavy atom. The fourth-order valence-corrected chi connectivity index (χ4v) is 0.839. The predicted molar refractivity (Wildman–Crippen MR) is 40.5 cm³/mol. The van der Waals surface area contributed by atoms with Gasteiger partial charge in [0.1, 0.15) is 0 Å². The van der Waals surface area contributed by atoms with Crippen LogP contribution < -0.4 is 0 Å². The van der Waals surface area contributed by atoms with Gasteiger partial charge in [0, 0.05) is 0 Å². The summed E-state index contributed by atoms with van der Waals surface area (Å²) in [5, 5.41) is 10.7. The molecule has 0 unspecified atom stereocenters. The van der Waals surface area contributed by atoms with Gasteiger partial charge in [-0.15, -0.1) is 6.58 Å². The molecule has 0 N–H and O–H groups in total. The second-order valence-electron chi connectivity index (χ2n) is 2.14. The molecule has 0 aliphatic carbocycles. The lowest BCUT2D eigenvalue weighted by atomic mass is 10.1. The summed E-state index contributed by atoms with van der Waals surface area (Å²) in [6.07, 6.45) is 2.56. The Hall–Kier alpha value is -1.24. The van der Waals surface area contributed by atoms with Crippen molar-refractivity contribution in [3.05, 3.63) is 42.5 Å². The van der Waals surface area contributed by atoms with Crippen LogP contribution in [0.1, 0.15) is 5.56 Å². The van der Waals surface area contributed by atoms with Gasteiger partial charge in [0.05, 0.1) is 0 Å². The molecule has 0 fully saturated rings. The third-order valence-electron chi connectivity index (χ3n) is 1.28. The molecule has 0 spiro atoms. The third-order valence-corrected chi connectivity index (χ3v) is 1.28. The van der Waals surface area contributed by atoms with E-state index in [2.05, 4.69) is 6.58 Å². The molecule has 0 amide bonds. The Labute approximate surface area is 60.6 Å². The van der Waals surface area contributed by atoms with Crippen molar-refractivity contribution in [2.24, 2.45) is 0 Å². The van der Waals surface area contributed by atoms with Gasteiger partial charge >= 0.3 is 0 Å². The molecule has 0 aliphatic heterocycles. The largest absolute Gasteiger partial charge is 0.290 e. The summed E-state index contributed by atoms with van der Waals surface area (Å²) < 4.78 is 0. The maximum absolute atomic E-state index is 10.7. The molecule has 1 aromatic carbocycles. The maximum atomic E-state index is 10.7. The number of benzene rings is 1. The molecule has 51 valence electrons. The summed E-state index contributed by atoms with van der Waals surface area (Å²) >= 11 is 0. The van der Waals surface area contributed by atoms with Crippen LogP contribution in [0.4, 0.5) is 0 Å². The molecule has 0 bridgehead atoms. The molecule has 1 nitrogen and oxygen atoms in total. The van der Waals surface area contributed by atoms with E-state index in [-0.39, 0.29) is 5.75 Å². The van der Waals surface area contributed by atoms with Crippen molar-refractivity contribution < 1.29 is 5.11 Å². The zero-order valence-corrected chi connectivity index (χ0v) is 5.71. The van der Waals surface area contributed by atoms with Crippen LogP contribution in [0.3, 0.4) is 0 Å². The van der Waals surface area contributed by atoms with Crippen LogP contribution in [0.15, 0.2) is 36.9 Å². The SMILES string of the molecule is C=CCc1cccc([O])c1. The molecule has 0 saturated carbocycles. The molecule has 0 aliphatic rings. The molecule has 0 heterocycles. The number of hydrogen-bond donors (Lipinski definition) is 0. The minimum Gasteiger partial charge on any atom is -0.290 e. The van der Waals surface area contributed by atoms with Gasteiger partial charge in [-0.3, -0.25) is 5.11 Å². The van der Waals surface area contributed by atoms with E-state index in [1.807, 2.05) is 6.07 Å². The summed E-state index contributed by atoms with van der Waals surface area (Å²) in [5.74, 6) is 0.0688. The fraction of sp³-hybridized carbons (Fsp3) is 0.111. The van der Waals surface area contributed by atoms with Crippen molar-refractivity contribution in [1.29, 1.82) is 0 Å². The molecule has 0 aromatic heterocycles. The van der Waals surface area contributed by atoms with Crippen molar-refractivity contribution in [2.75, 3.05) is 0 Å². The lowest BCUT2D eigenvalue weighted by Gasteiger charge is -1.93. The van der Waals surface area contributed by atoms with E-state index < -0.39 is 0 Å². The highest BCUT2D eigenvalue weighted by molar-refractivity contribution is 5.27. The highest BCUT2D eigenvalue weighted by Gasteiger charge is 1.91. The van der Waals surface area contributed by atoms with Crippen LogP contribution in [0.2, 0.25) is 0 Å². The highest BCUT2D eigenvalue weighted by atomic mass is 16.3. The molecule has 0 atom stereocenters. The van der Waals surface area contributed by atoms with E-state index in [0.29, 0.717) is 0 Å². The first kappa shape index (κ1) is 6.87. The molecule has 1 radical (unpaired) electrons. The Bertz CT molecular complexity index is 228. The first-order chi connectivity index (χ1) is 4.83. The van der Waals surface area contributed by atoms with E-state index in [9.17, 15) is 5.11 Å². The smallest absolute Gasteiger partial charge is 0.178 e. The normalized spacial score (nSPS) is 9.20. The van der Waals surface area contributed by atoms with Gasteiger partial charge in [0.15, 0.2) is 5.75 Å². The number of hydrogen-bond acceptors (Lipinski definition) is 0.